The third-order valence-electron chi connectivity index (χ3n) is 3.53. The van der Waals surface area contributed by atoms with Crippen molar-refractivity contribution < 1.29 is 14.3 Å². The molecule has 3 rings (SSSR count). The zero-order chi connectivity index (χ0) is 18.4. The molecule has 132 valence electrons. The predicted molar refractivity (Wildman–Crippen MR) is 93.9 cm³/mol. The summed E-state index contributed by atoms with van der Waals surface area (Å²) in [4.78, 5) is 28.1. The molecule has 0 radical (unpaired) electrons. The molecule has 2 amide bonds. The van der Waals surface area contributed by atoms with Gasteiger partial charge >= 0.3 is 0 Å². The van der Waals surface area contributed by atoms with Gasteiger partial charge in [-0.25, -0.2) is 9.67 Å². The summed E-state index contributed by atoms with van der Waals surface area (Å²) in [5.41, 5.74) is 6.36. The molecular weight excluding hydrogens is 334 g/mol. The Hall–Kier alpha value is -3.68. The van der Waals surface area contributed by atoms with Gasteiger partial charge in [-0.05, 0) is 55.5 Å². The Labute approximate surface area is 149 Å². The third kappa shape index (κ3) is 4.04. The van der Waals surface area contributed by atoms with E-state index in [1.165, 1.54) is 6.33 Å². The van der Waals surface area contributed by atoms with Crippen molar-refractivity contribution in [1.82, 2.24) is 25.6 Å². The number of rotatable bonds is 5. The topological polar surface area (TPSA) is 98.1 Å². The van der Waals surface area contributed by atoms with Crippen molar-refractivity contribution in [2.45, 2.75) is 6.92 Å². The van der Waals surface area contributed by atoms with Gasteiger partial charge in [-0.1, -0.05) is 0 Å². The second-order valence-electron chi connectivity index (χ2n) is 5.25. The van der Waals surface area contributed by atoms with Gasteiger partial charge in [-0.2, -0.15) is 5.10 Å². The summed E-state index contributed by atoms with van der Waals surface area (Å²) >= 11 is 0. The van der Waals surface area contributed by atoms with E-state index >= 15 is 0 Å². The molecule has 0 spiro atoms. The second-order valence-corrected chi connectivity index (χ2v) is 5.25. The number of hydrogen-bond donors (Lipinski definition) is 2. The average Bonchev–Trinajstić information content (AvgIpc) is 3.21. The minimum Gasteiger partial charge on any atom is -0.494 e. The van der Waals surface area contributed by atoms with E-state index in [0.717, 1.165) is 5.69 Å². The molecule has 26 heavy (non-hydrogen) atoms. The van der Waals surface area contributed by atoms with Crippen LogP contribution < -0.4 is 15.6 Å². The van der Waals surface area contributed by atoms with Crippen LogP contribution in [0.2, 0.25) is 0 Å². The van der Waals surface area contributed by atoms with Gasteiger partial charge in [0.1, 0.15) is 18.4 Å². The number of nitrogens with zero attached hydrogens (tertiary/aromatic N) is 3. The molecule has 1 heterocycles. The lowest BCUT2D eigenvalue weighted by molar-refractivity contribution is 0.0846. The Morgan fingerprint density at radius 1 is 0.962 bits per heavy atom. The lowest BCUT2D eigenvalue weighted by Gasteiger charge is -2.09. The fourth-order valence-corrected chi connectivity index (χ4v) is 2.23. The quantitative estimate of drug-likeness (QED) is 0.682. The first-order valence-electron chi connectivity index (χ1n) is 7.96. The number of aromatic nitrogens is 3. The highest BCUT2D eigenvalue weighted by Gasteiger charge is 2.09. The van der Waals surface area contributed by atoms with E-state index in [0.29, 0.717) is 23.5 Å². The van der Waals surface area contributed by atoms with E-state index in [1.54, 1.807) is 59.5 Å². The van der Waals surface area contributed by atoms with Crippen molar-refractivity contribution >= 4 is 11.8 Å². The lowest BCUT2D eigenvalue weighted by atomic mass is 10.2. The molecule has 0 saturated heterocycles. The highest BCUT2D eigenvalue weighted by atomic mass is 16.5. The molecule has 8 nitrogen and oxygen atoms in total. The molecule has 0 bridgehead atoms. The molecule has 2 N–H and O–H groups in total. The zero-order valence-electron chi connectivity index (χ0n) is 14.0. The monoisotopic (exact) mass is 351 g/mol. The van der Waals surface area contributed by atoms with Crippen molar-refractivity contribution in [3.63, 3.8) is 0 Å². The summed E-state index contributed by atoms with van der Waals surface area (Å²) in [6.07, 6.45) is 2.99. The number of carbonyl (C=O) groups excluding carboxylic acids is 2. The van der Waals surface area contributed by atoms with Crippen LogP contribution in [0.4, 0.5) is 0 Å². The van der Waals surface area contributed by atoms with Crippen LogP contribution >= 0.6 is 0 Å². The summed E-state index contributed by atoms with van der Waals surface area (Å²) in [6, 6.07) is 13.4. The normalized spacial score (nSPS) is 10.2. The van der Waals surface area contributed by atoms with Gasteiger partial charge in [0.2, 0.25) is 0 Å². The Balaban J connectivity index is 1.57. The maximum Gasteiger partial charge on any atom is 0.269 e. The molecule has 0 fully saturated rings. The SMILES string of the molecule is CCOc1ccc(C(=O)NNC(=O)c2ccc(-n3cncn3)cc2)cc1. The van der Waals surface area contributed by atoms with Gasteiger partial charge in [0.15, 0.2) is 0 Å². The molecular formula is C18H17N5O3. The molecule has 0 unspecified atom stereocenters. The minimum absolute atomic E-state index is 0.404. The van der Waals surface area contributed by atoms with E-state index in [4.69, 9.17) is 4.74 Å². The summed E-state index contributed by atoms with van der Waals surface area (Å²) in [7, 11) is 0. The molecule has 1 aromatic heterocycles. The molecule has 2 aromatic carbocycles. The van der Waals surface area contributed by atoms with E-state index < -0.39 is 11.8 Å². The van der Waals surface area contributed by atoms with Crippen molar-refractivity contribution in [1.29, 1.82) is 0 Å². The Morgan fingerprint density at radius 3 is 2.04 bits per heavy atom. The summed E-state index contributed by atoms with van der Waals surface area (Å²) in [6.45, 7) is 2.44. The summed E-state index contributed by atoms with van der Waals surface area (Å²) < 4.78 is 6.90. The maximum atomic E-state index is 12.1. The first-order valence-corrected chi connectivity index (χ1v) is 7.96. The van der Waals surface area contributed by atoms with E-state index in [1.807, 2.05) is 6.92 Å². The smallest absolute Gasteiger partial charge is 0.269 e. The van der Waals surface area contributed by atoms with Gasteiger partial charge in [0, 0.05) is 11.1 Å². The molecule has 0 aliphatic carbocycles. The fourth-order valence-electron chi connectivity index (χ4n) is 2.23. The van der Waals surface area contributed by atoms with E-state index in [9.17, 15) is 9.59 Å². The number of carbonyl (C=O) groups is 2. The Bertz CT molecular complexity index is 874. The van der Waals surface area contributed by atoms with Crippen molar-refractivity contribution in [2.75, 3.05) is 6.61 Å². The molecule has 0 atom stereocenters. The number of hydrogen-bond acceptors (Lipinski definition) is 5. The van der Waals surface area contributed by atoms with E-state index in [2.05, 4.69) is 20.9 Å². The second kappa shape index (κ2) is 7.93. The van der Waals surface area contributed by atoms with Gasteiger partial charge in [0.05, 0.1) is 12.3 Å². The lowest BCUT2D eigenvalue weighted by Crippen LogP contribution is -2.41. The van der Waals surface area contributed by atoms with Crippen LogP contribution in [0.15, 0.2) is 61.2 Å². The van der Waals surface area contributed by atoms with Crippen LogP contribution in [-0.4, -0.2) is 33.2 Å². The van der Waals surface area contributed by atoms with Crippen LogP contribution in [0, 0.1) is 0 Å². The van der Waals surface area contributed by atoms with Gasteiger partial charge in [0.25, 0.3) is 11.8 Å². The first kappa shape index (κ1) is 17.2. The van der Waals surface area contributed by atoms with Crippen LogP contribution in [0.1, 0.15) is 27.6 Å². The summed E-state index contributed by atoms with van der Waals surface area (Å²) in [5.74, 6) is -0.157. The van der Waals surface area contributed by atoms with E-state index in [-0.39, 0.29) is 0 Å². The number of hydrazine groups is 1. The first-order chi connectivity index (χ1) is 12.7. The zero-order valence-corrected chi connectivity index (χ0v) is 14.0. The van der Waals surface area contributed by atoms with Crippen molar-refractivity contribution in [3.8, 4) is 11.4 Å². The van der Waals surface area contributed by atoms with Crippen molar-refractivity contribution in [2.24, 2.45) is 0 Å². The highest BCUT2D eigenvalue weighted by molar-refractivity contribution is 5.99. The number of benzene rings is 2. The Kier molecular flexibility index (Phi) is 5.23. The number of nitrogens with one attached hydrogen (secondary N) is 2. The predicted octanol–water partition coefficient (Wildman–Crippen LogP) is 1.74. The maximum absolute atomic E-state index is 12.1. The van der Waals surface area contributed by atoms with Crippen molar-refractivity contribution in [3.05, 3.63) is 72.3 Å². The van der Waals surface area contributed by atoms with Crippen LogP contribution in [-0.2, 0) is 0 Å². The average molecular weight is 351 g/mol. The fraction of sp³-hybridized carbons (Fsp3) is 0.111. The molecule has 8 heteroatoms. The summed E-state index contributed by atoms with van der Waals surface area (Å²) in [5, 5.41) is 4.01. The standard InChI is InChI=1S/C18H17N5O3/c1-2-26-16-9-5-14(6-10-16)18(25)22-21-17(24)13-3-7-15(8-4-13)23-12-19-11-20-23/h3-12H,2H2,1H3,(H,21,24)(H,22,25). The number of amides is 2. The molecule has 3 aromatic rings. The van der Waals surface area contributed by atoms with Crippen LogP contribution in [0.5, 0.6) is 5.75 Å². The highest BCUT2D eigenvalue weighted by Crippen LogP contribution is 2.12. The van der Waals surface area contributed by atoms with Gasteiger partial charge < -0.3 is 4.74 Å². The molecule has 0 aliphatic rings. The van der Waals surface area contributed by atoms with Crippen LogP contribution in [0.25, 0.3) is 5.69 Å². The number of ether oxygens (including phenoxy) is 1. The third-order valence-corrected chi connectivity index (χ3v) is 3.53. The Morgan fingerprint density at radius 2 is 1.54 bits per heavy atom. The molecule has 0 aliphatic heterocycles. The van der Waals surface area contributed by atoms with Gasteiger partial charge in [-0.3, -0.25) is 20.4 Å². The van der Waals surface area contributed by atoms with Gasteiger partial charge in [-0.15, -0.1) is 0 Å². The minimum atomic E-state index is -0.422. The van der Waals surface area contributed by atoms with Crippen LogP contribution in [0.3, 0.4) is 0 Å². The largest absolute Gasteiger partial charge is 0.494 e. The molecule has 0 saturated carbocycles.